The van der Waals surface area contributed by atoms with E-state index in [1.54, 1.807) is 7.11 Å². The van der Waals surface area contributed by atoms with E-state index >= 15 is 0 Å². The minimum Gasteiger partial charge on any atom is -0.381 e. The van der Waals surface area contributed by atoms with Crippen molar-refractivity contribution in [3.63, 3.8) is 0 Å². The van der Waals surface area contributed by atoms with E-state index in [0.29, 0.717) is 5.92 Å². The van der Waals surface area contributed by atoms with E-state index < -0.39 is 0 Å². The highest BCUT2D eigenvalue weighted by molar-refractivity contribution is 7.11. The molecule has 0 spiro atoms. The van der Waals surface area contributed by atoms with E-state index in [9.17, 15) is 0 Å². The molecule has 0 radical (unpaired) electrons. The summed E-state index contributed by atoms with van der Waals surface area (Å²) in [5.41, 5.74) is 0.983. The first-order valence-corrected chi connectivity index (χ1v) is 8.78. The maximum Gasteiger partial charge on any atom is 0.125 e. The molecular formula is C16H28N2O2S. The van der Waals surface area contributed by atoms with Crippen LogP contribution in [0.25, 0.3) is 0 Å². The molecule has 1 aromatic heterocycles. The van der Waals surface area contributed by atoms with Gasteiger partial charge in [-0.3, -0.25) is 0 Å². The van der Waals surface area contributed by atoms with Gasteiger partial charge in [0.1, 0.15) is 10.6 Å². The molecule has 1 aliphatic heterocycles. The van der Waals surface area contributed by atoms with Crippen LogP contribution < -0.4 is 5.32 Å². The average molecular weight is 312 g/mol. The molecule has 0 bridgehead atoms. The second-order valence-corrected chi connectivity index (χ2v) is 7.05. The number of nitrogens with one attached hydrogen (secondary N) is 1. The molecule has 5 heteroatoms. The van der Waals surface area contributed by atoms with Gasteiger partial charge in [0.25, 0.3) is 0 Å². The number of hydrogen-bond acceptors (Lipinski definition) is 5. The van der Waals surface area contributed by atoms with Crippen molar-refractivity contribution in [3.8, 4) is 0 Å². The van der Waals surface area contributed by atoms with Crippen LogP contribution in [0.15, 0.2) is 0 Å². The number of hydrogen-bond donors (Lipinski definition) is 1. The number of methoxy groups -OCH3 is 1. The van der Waals surface area contributed by atoms with Gasteiger partial charge in [-0.25, -0.2) is 4.98 Å². The maximum absolute atomic E-state index is 5.89. The fourth-order valence-electron chi connectivity index (χ4n) is 2.72. The van der Waals surface area contributed by atoms with Crippen molar-refractivity contribution in [3.05, 3.63) is 15.6 Å². The summed E-state index contributed by atoms with van der Waals surface area (Å²) in [6.45, 7) is 10.1. The summed E-state index contributed by atoms with van der Waals surface area (Å²) >= 11 is 1.81. The van der Waals surface area contributed by atoms with Gasteiger partial charge in [0.05, 0.1) is 5.69 Å². The highest BCUT2D eigenvalue weighted by atomic mass is 32.1. The molecule has 4 nitrogen and oxygen atoms in total. The Morgan fingerprint density at radius 3 is 2.67 bits per heavy atom. The molecule has 2 rings (SSSR count). The lowest BCUT2D eigenvalue weighted by Crippen LogP contribution is -2.35. The van der Waals surface area contributed by atoms with E-state index in [0.717, 1.165) is 50.6 Å². The van der Waals surface area contributed by atoms with Gasteiger partial charge in [-0.2, -0.15) is 0 Å². The van der Waals surface area contributed by atoms with Crippen molar-refractivity contribution in [2.75, 3.05) is 26.9 Å². The van der Waals surface area contributed by atoms with Gasteiger partial charge in [-0.1, -0.05) is 20.8 Å². The van der Waals surface area contributed by atoms with Crippen molar-refractivity contribution >= 4 is 11.3 Å². The smallest absolute Gasteiger partial charge is 0.125 e. The molecule has 2 heterocycles. The van der Waals surface area contributed by atoms with Crippen LogP contribution >= 0.6 is 11.3 Å². The Kier molecular flexibility index (Phi) is 6.17. The molecule has 120 valence electrons. The topological polar surface area (TPSA) is 43.4 Å². The molecule has 0 atom stereocenters. The predicted octanol–water partition coefficient (Wildman–Crippen LogP) is 3.42. The molecule has 0 saturated carbocycles. The normalized spacial score (nSPS) is 18.3. The van der Waals surface area contributed by atoms with Crippen molar-refractivity contribution in [1.82, 2.24) is 10.3 Å². The van der Waals surface area contributed by atoms with E-state index in [4.69, 9.17) is 14.5 Å². The maximum atomic E-state index is 5.89. The Morgan fingerprint density at radius 2 is 2.10 bits per heavy atom. The number of rotatable bonds is 7. The van der Waals surface area contributed by atoms with Crippen molar-refractivity contribution in [2.24, 2.45) is 0 Å². The summed E-state index contributed by atoms with van der Waals surface area (Å²) in [7, 11) is 1.80. The van der Waals surface area contributed by atoms with Gasteiger partial charge >= 0.3 is 0 Å². The Labute approximate surface area is 132 Å². The van der Waals surface area contributed by atoms with Crippen LogP contribution in [0.4, 0.5) is 0 Å². The standard InChI is InChI=1S/C16H28N2O2S/c1-5-8-17-11-13-14(12(2)3)18-15(21-13)16(19-4)6-9-20-10-7-16/h12,17H,5-11H2,1-4H3. The minimum absolute atomic E-state index is 0.241. The summed E-state index contributed by atoms with van der Waals surface area (Å²) < 4.78 is 11.4. The van der Waals surface area contributed by atoms with Crippen molar-refractivity contribution < 1.29 is 9.47 Å². The number of nitrogens with zero attached hydrogens (tertiary/aromatic N) is 1. The van der Waals surface area contributed by atoms with Gasteiger partial charge in [0, 0.05) is 44.6 Å². The lowest BCUT2D eigenvalue weighted by molar-refractivity contribution is -0.0949. The third kappa shape index (κ3) is 3.83. The summed E-state index contributed by atoms with van der Waals surface area (Å²) in [6.07, 6.45) is 2.95. The predicted molar refractivity (Wildman–Crippen MR) is 86.9 cm³/mol. The molecule has 0 amide bonds. The van der Waals surface area contributed by atoms with Gasteiger partial charge in [0.15, 0.2) is 0 Å². The zero-order valence-corrected chi connectivity index (χ0v) is 14.5. The molecule has 21 heavy (non-hydrogen) atoms. The second-order valence-electron chi connectivity index (χ2n) is 5.97. The lowest BCUT2D eigenvalue weighted by atomic mass is 9.95. The first kappa shape index (κ1) is 16.9. The first-order chi connectivity index (χ1) is 10.1. The largest absolute Gasteiger partial charge is 0.381 e. The van der Waals surface area contributed by atoms with Crippen LogP contribution in [0.3, 0.4) is 0 Å². The van der Waals surface area contributed by atoms with Gasteiger partial charge < -0.3 is 14.8 Å². The molecular weight excluding hydrogens is 284 g/mol. The zero-order chi connectivity index (χ0) is 15.3. The van der Waals surface area contributed by atoms with Gasteiger partial charge in [-0.05, 0) is 18.9 Å². The Hall–Kier alpha value is -0.490. The van der Waals surface area contributed by atoms with Gasteiger partial charge in [0.2, 0.25) is 0 Å². The third-order valence-corrected chi connectivity index (χ3v) is 5.32. The summed E-state index contributed by atoms with van der Waals surface area (Å²) in [5, 5.41) is 4.63. The summed E-state index contributed by atoms with van der Waals surface area (Å²) in [5.74, 6) is 0.446. The quantitative estimate of drug-likeness (QED) is 0.784. The van der Waals surface area contributed by atoms with Crippen LogP contribution in [0.1, 0.15) is 61.5 Å². The molecule has 1 saturated heterocycles. The molecule has 1 fully saturated rings. The van der Waals surface area contributed by atoms with Crippen LogP contribution in [0, 0.1) is 0 Å². The van der Waals surface area contributed by atoms with Crippen LogP contribution in [-0.4, -0.2) is 31.9 Å². The van der Waals surface area contributed by atoms with Crippen LogP contribution in [0.5, 0.6) is 0 Å². The second kappa shape index (κ2) is 7.68. The molecule has 0 aliphatic carbocycles. The fraction of sp³-hybridized carbons (Fsp3) is 0.812. The minimum atomic E-state index is -0.241. The van der Waals surface area contributed by atoms with Crippen LogP contribution in [-0.2, 0) is 21.6 Å². The number of aromatic nitrogens is 1. The van der Waals surface area contributed by atoms with Crippen molar-refractivity contribution in [1.29, 1.82) is 0 Å². The molecule has 0 unspecified atom stereocenters. The average Bonchev–Trinajstić information content (AvgIpc) is 2.93. The van der Waals surface area contributed by atoms with E-state index in [2.05, 4.69) is 26.1 Å². The van der Waals surface area contributed by atoms with Gasteiger partial charge in [-0.15, -0.1) is 11.3 Å². The zero-order valence-electron chi connectivity index (χ0n) is 13.7. The highest BCUT2D eigenvalue weighted by Gasteiger charge is 2.38. The molecule has 0 aromatic carbocycles. The summed E-state index contributed by atoms with van der Waals surface area (Å²) in [6, 6.07) is 0. The first-order valence-electron chi connectivity index (χ1n) is 7.96. The third-order valence-electron chi connectivity index (χ3n) is 4.07. The van der Waals surface area contributed by atoms with Crippen LogP contribution in [0.2, 0.25) is 0 Å². The number of ether oxygens (including phenoxy) is 2. The van der Waals surface area contributed by atoms with E-state index in [-0.39, 0.29) is 5.60 Å². The molecule has 1 aliphatic rings. The van der Waals surface area contributed by atoms with Crippen molar-refractivity contribution in [2.45, 2.75) is 58.1 Å². The number of thiazole rings is 1. The lowest BCUT2D eigenvalue weighted by Gasteiger charge is -2.33. The van der Waals surface area contributed by atoms with E-state index in [1.165, 1.54) is 10.6 Å². The fourth-order valence-corrected chi connectivity index (χ4v) is 4.13. The summed E-state index contributed by atoms with van der Waals surface area (Å²) in [4.78, 5) is 6.31. The Bertz CT molecular complexity index is 439. The Balaban J connectivity index is 2.24. The monoisotopic (exact) mass is 312 g/mol. The van der Waals surface area contributed by atoms with E-state index in [1.807, 2.05) is 11.3 Å². The highest BCUT2D eigenvalue weighted by Crippen LogP contribution is 2.40. The molecule has 1 N–H and O–H groups in total. The molecule has 1 aromatic rings. The Morgan fingerprint density at radius 1 is 1.38 bits per heavy atom. The SMILES string of the molecule is CCCNCc1sc(C2(OC)CCOCC2)nc1C(C)C.